The van der Waals surface area contributed by atoms with Crippen LogP contribution in [0, 0.1) is 16.0 Å². The largest absolute Gasteiger partial charge is 0.481 e. The van der Waals surface area contributed by atoms with Gasteiger partial charge in [-0.1, -0.05) is 0 Å². The lowest BCUT2D eigenvalue weighted by atomic mass is 10.1. The van der Waals surface area contributed by atoms with Crippen LogP contribution >= 0.6 is 0 Å². The third kappa shape index (κ3) is 3.04. The molecule has 2 fully saturated rings. The number of benzene rings is 1. The predicted octanol–water partition coefficient (Wildman–Crippen LogP) is 1.74. The Morgan fingerprint density at radius 1 is 1.21 bits per heavy atom. The number of carbonyl (C=O) groups excluding carboxylic acids is 1. The van der Waals surface area contributed by atoms with Crippen LogP contribution in [0.4, 0.5) is 11.4 Å². The lowest BCUT2D eigenvalue weighted by molar-refractivity contribution is -0.384. The van der Waals surface area contributed by atoms with Crippen molar-refractivity contribution in [3.8, 4) is 0 Å². The van der Waals surface area contributed by atoms with Gasteiger partial charge in [-0.15, -0.1) is 0 Å². The number of nitro benzene ring substituents is 1. The van der Waals surface area contributed by atoms with E-state index in [1.54, 1.807) is 12.1 Å². The van der Waals surface area contributed by atoms with Crippen molar-refractivity contribution in [2.24, 2.45) is 5.92 Å². The fourth-order valence-corrected chi connectivity index (χ4v) is 3.36. The molecule has 0 radical (unpaired) electrons. The minimum atomic E-state index is -0.916. The van der Waals surface area contributed by atoms with Crippen LogP contribution in [0.15, 0.2) is 18.2 Å². The molecule has 2 aliphatic heterocycles. The summed E-state index contributed by atoms with van der Waals surface area (Å²) in [6, 6.07) is 4.53. The molecule has 8 heteroatoms. The number of carboxylic acids is 1. The quantitative estimate of drug-likeness (QED) is 0.665. The van der Waals surface area contributed by atoms with Crippen LogP contribution in [-0.4, -0.2) is 53.0 Å². The number of nitro groups is 1. The van der Waals surface area contributed by atoms with Crippen LogP contribution in [0.25, 0.3) is 0 Å². The van der Waals surface area contributed by atoms with E-state index < -0.39 is 16.8 Å². The van der Waals surface area contributed by atoms with Gasteiger partial charge in [0.15, 0.2) is 0 Å². The average molecular weight is 333 g/mol. The van der Waals surface area contributed by atoms with E-state index in [1.807, 2.05) is 4.90 Å². The molecule has 3 rings (SSSR count). The van der Waals surface area contributed by atoms with Gasteiger partial charge in [-0.3, -0.25) is 19.7 Å². The molecular weight excluding hydrogens is 314 g/mol. The van der Waals surface area contributed by atoms with Crippen LogP contribution in [0.1, 0.15) is 29.6 Å². The number of carbonyl (C=O) groups is 2. The number of rotatable bonds is 4. The van der Waals surface area contributed by atoms with Crippen molar-refractivity contribution in [3.63, 3.8) is 0 Å². The van der Waals surface area contributed by atoms with Gasteiger partial charge in [-0.25, -0.2) is 0 Å². The second-order valence-corrected chi connectivity index (χ2v) is 6.23. The maximum atomic E-state index is 12.5. The molecule has 128 valence electrons. The minimum absolute atomic E-state index is 0.0725. The molecule has 8 nitrogen and oxygen atoms in total. The van der Waals surface area contributed by atoms with E-state index in [-0.39, 0.29) is 23.7 Å². The highest BCUT2D eigenvalue weighted by molar-refractivity contribution is 5.96. The van der Waals surface area contributed by atoms with Crippen LogP contribution in [0.3, 0.4) is 0 Å². The summed E-state index contributed by atoms with van der Waals surface area (Å²) < 4.78 is 0. The Balaban J connectivity index is 1.83. The van der Waals surface area contributed by atoms with Gasteiger partial charge in [0.25, 0.3) is 11.6 Å². The molecule has 2 aliphatic rings. The molecule has 1 atom stereocenters. The predicted molar refractivity (Wildman–Crippen MR) is 86.2 cm³/mol. The molecule has 0 spiro atoms. The molecular formula is C16H19N3O5. The fraction of sp³-hybridized carbons (Fsp3) is 0.500. The molecule has 1 amide bonds. The molecule has 2 saturated heterocycles. The zero-order chi connectivity index (χ0) is 17.3. The maximum absolute atomic E-state index is 12.5. The molecule has 24 heavy (non-hydrogen) atoms. The van der Waals surface area contributed by atoms with E-state index in [9.17, 15) is 19.7 Å². The summed E-state index contributed by atoms with van der Waals surface area (Å²) in [4.78, 5) is 37.9. The van der Waals surface area contributed by atoms with Crippen molar-refractivity contribution in [3.05, 3.63) is 33.9 Å². The van der Waals surface area contributed by atoms with Gasteiger partial charge in [0.05, 0.1) is 10.8 Å². The van der Waals surface area contributed by atoms with Crippen molar-refractivity contribution in [1.29, 1.82) is 0 Å². The zero-order valence-electron chi connectivity index (χ0n) is 13.2. The van der Waals surface area contributed by atoms with E-state index in [2.05, 4.69) is 0 Å². The second kappa shape index (κ2) is 6.46. The van der Waals surface area contributed by atoms with Gasteiger partial charge in [-0.05, 0) is 31.4 Å². The van der Waals surface area contributed by atoms with Gasteiger partial charge in [0.1, 0.15) is 5.69 Å². The van der Waals surface area contributed by atoms with Crippen molar-refractivity contribution < 1.29 is 19.6 Å². The first-order valence-electron chi connectivity index (χ1n) is 8.03. The van der Waals surface area contributed by atoms with E-state index in [0.717, 1.165) is 25.9 Å². The Morgan fingerprint density at radius 2 is 1.92 bits per heavy atom. The van der Waals surface area contributed by atoms with Gasteiger partial charge in [0.2, 0.25) is 0 Å². The number of aliphatic carboxylic acids is 1. The van der Waals surface area contributed by atoms with Crippen molar-refractivity contribution in [2.45, 2.75) is 19.3 Å². The number of likely N-dealkylation sites (tertiary alicyclic amines) is 1. The Kier molecular flexibility index (Phi) is 4.37. The summed E-state index contributed by atoms with van der Waals surface area (Å²) in [6.45, 7) is 2.06. The van der Waals surface area contributed by atoms with E-state index in [0.29, 0.717) is 18.7 Å². The van der Waals surface area contributed by atoms with Crippen molar-refractivity contribution in [2.75, 3.05) is 31.1 Å². The van der Waals surface area contributed by atoms with Crippen LogP contribution < -0.4 is 4.90 Å². The second-order valence-electron chi connectivity index (χ2n) is 6.23. The Morgan fingerprint density at radius 3 is 2.50 bits per heavy atom. The zero-order valence-corrected chi connectivity index (χ0v) is 13.2. The van der Waals surface area contributed by atoms with Crippen LogP contribution in [-0.2, 0) is 4.79 Å². The Bertz CT molecular complexity index is 684. The molecule has 1 N–H and O–H groups in total. The van der Waals surface area contributed by atoms with Crippen LogP contribution in [0.5, 0.6) is 0 Å². The standard InChI is InChI=1S/C16H19N3O5/c20-15(18-8-5-12(10-18)16(21)22)11-3-4-13(14(9-11)19(23)24)17-6-1-2-7-17/h3-4,9,12H,1-2,5-8,10H2,(H,21,22). The van der Waals surface area contributed by atoms with Crippen molar-refractivity contribution in [1.82, 2.24) is 4.90 Å². The smallest absolute Gasteiger partial charge is 0.308 e. The molecule has 0 saturated carbocycles. The molecule has 1 aromatic rings. The van der Waals surface area contributed by atoms with Gasteiger partial charge in [-0.2, -0.15) is 0 Å². The van der Waals surface area contributed by atoms with E-state index >= 15 is 0 Å². The first kappa shape index (κ1) is 16.2. The lowest BCUT2D eigenvalue weighted by Gasteiger charge is -2.19. The summed E-state index contributed by atoms with van der Waals surface area (Å²) in [6.07, 6.45) is 2.42. The molecule has 1 aromatic carbocycles. The normalized spacial score (nSPS) is 20.4. The molecule has 0 aromatic heterocycles. The topological polar surface area (TPSA) is 104 Å². The summed E-state index contributed by atoms with van der Waals surface area (Å²) in [7, 11) is 0. The number of carboxylic acid groups (broad SMARTS) is 1. The highest BCUT2D eigenvalue weighted by Gasteiger charge is 2.32. The number of anilines is 1. The monoisotopic (exact) mass is 333 g/mol. The number of hydrogen-bond donors (Lipinski definition) is 1. The maximum Gasteiger partial charge on any atom is 0.308 e. The van der Waals surface area contributed by atoms with E-state index in [4.69, 9.17) is 5.11 Å². The van der Waals surface area contributed by atoms with Gasteiger partial charge in [0, 0.05) is 37.8 Å². The molecule has 0 bridgehead atoms. The Hall–Kier alpha value is -2.64. The summed E-state index contributed by atoms with van der Waals surface area (Å²) in [5, 5.41) is 20.4. The number of nitrogens with zero attached hydrogens (tertiary/aromatic N) is 3. The number of hydrogen-bond acceptors (Lipinski definition) is 5. The highest BCUT2D eigenvalue weighted by atomic mass is 16.6. The van der Waals surface area contributed by atoms with Gasteiger partial charge >= 0.3 is 5.97 Å². The molecule has 1 unspecified atom stereocenters. The van der Waals surface area contributed by atoms with E-state index in [1.165, 1.54) is 11.0 Å². The SMILES string of the molecule is O=C(O)C1CCN(C(=O)c2ccc(N3CCCC3)c([N+](=O)[O-])c2)C1. The fourth-order valence-electron chi connectivity index (χ4n) is 3.36. The molecule has 2 heterocycles. The minimum Gasteiger partial charge on any atom is -0.481 e. The van der Waals surface area contributed by atoms with Crippen molar-refractivity contribution >= 4 is 23.3 Å². The third-order valence-electron chi connectivity index (χ3n) is 4.69. The summed E-state index contributed by atoms with van der Waals surface area (Å²) >= 11 is 0. The Labute approximate surface area is 138 Å². The van der Waals surface area contributed by atoms with Gasteiger partial charge < -0.3 is 14.9 Å². The average Bonchev–Trinajstić information content (AvgIpc) is 3.25. The summed E-state index contributed by atoms with van der Waals surface area (Å²) in [5.74, 6) is -1.83. The lowest BCUT2D eigenvalue weighted by Crippen LogP contribution is -2.30. The first-order valence-corrected chi connectivity index (χ1v) is 8.03. The first-order chi connectivity index (χ1) is 11.5. The highest BCUT2D eigenvalue weighted by Crippen LogP contribution is 2.32. The molecule has 0 aliphatic carbocycles. The third-order valence-corrected chi connectivity index (χ3v) is 4.69. The van der Waals surface area contributed by atoms with Crippen LogP contribution in [0.2, 0.25) is 0 Å². The number of amides is 1. The summed E-state index contributed by atoms with van der Waals surface area (Å²) in [5.41, 5.74) is 0.700.